The largest absolute Gasteiger partial charge is 0.486 e. The summed E-state index contributed by atoms with van der Waals surface area (Å²) in [5, 5.41) is 19.0. The van der Waals surface area contributed by atoms with E-state index in [1.54, 1.807) is 4.90 Å². The van der Waals surface area contributed by atoms with Crippen LogP contribution in [0.15, 0.2) is 24.3 Å². The Hall–Kier alpha value is -1.90. The van der Waals surface area contributed by atoms with E-state index in [4.69, 9.17) is 19.8 Å². The second-order valence-corrected chi connectivity index (χ2v) is 8.70. The van der Waals surface area contributed by atoms with Crippen molar-refractivity contribution >= 4 is 19.9 Å². The van der Waals surface area contributed by atoms with Gasteiger partial charge in [-0.3, -0.25) is 10.2 Å². The van der Waals surface area contributed by atoms with Crippen molar-refractivity contribution < 1.29 is 19.2 Å². The number of carbonyl (C=O) groups is 1. The summed E-state index contributed by atoms with van der Waals surface area (Å²) < 4.78 is 10.9. The summed E-state index contributed by atoms with van der Waals surface area (Å²) in [6.45, 7) is 0.672. The number of carbonyl (C=O) groups excluding carboxylic acids is 1. The highest BCUT2D eigenvalue weighted by Gasteiger charge is 2.49. The third-order valence-corrected chi connectivity index (χ3v) is 7.08. The molecule has 7 nitrogen and oxygen atoms in total. The van der Waals surface area contributed by atoms with E-state index in [-0.39, 0.29) is 16.9 Å². The van der Waals surface area contributed by atoms with Gasteiger partial charge >= 0.3 is 7.69 Å². The standard InChI is InChI=1S/C22H33BN3O4/c1-26(16-24)15-3-4-19(30-23-28)25-20(27)17-5-7-18(8-6-17)21-9-12-22(29-2,13-10-21)14-11-21/h5-8,16,19,24,28H,3-4,9-15H2,1-2H3,(H,25,27)/t19-,21?,22?/m1/s1. The molecule has 1 radical (unpaired) electrons. The number of rotatable bonds is 11. The molecule has 1 aromatic carbocycles. The number of hydrogen-bond donors (Lipinski definition) is 3. The van der Waals surface area contributed by atoms with E-state index in [2.05, 4.69) is 17.4 Å². The monoisotopic (exact) mass is 414 g/mol. The van der Waals surface area contributed by atoms with Crippen LogP contribution in [0.25, 0.3) is 0 Å². The maximum Gasteiger partial charge on any atom is 0.486 e. The topological polar surface area (TPSA) is 94.9 Å². The lowest BCUT2D eigenvalue weighted by Gasteiger charge is -2.53. The van der Waals surface area contributed by atoms with Gasteiger partial charge in [-0.05, 0) is 74.5 Å². The van der Waals surface area contributed by atoms with E-state index in [0.717, 1.165) is 44.9 Å². The van der Waals surface area contributed by atoms with Crippen molar-refractivity contribution in [2.24, 2.45) is 0 Å². The molecule has 0 aliphatic heterocycles. The molecule has 1 atom stereocenters. The molecule has 1 amide bonds. The van der Waals surface area contributed by atoms with Crippen LogP contribution in [0.3, 0.4) is 0 Å². The number of nitrogens with zero attached hydrogens (tertiary/aromatic N) is 1. The second-order valence-electron chi connectivity index (χ2n) is 8.70. The van der Waals surface area contributed by atoms with Gasteiger partial charge in [0, 0.05) is 26.3 Å². The van der Waals surface area contributed by atoms with Crippen molar-refractivity contribution in [1.29, 1.82) is 5.41 Å². The molecule has 0 heterocycles. The Morgan fingerprint density at radius 1 is 1.27 bits per heavy atom. The summed E-state index contributed by atoms with van der Waals surface area (Å²) in [5.41, 5.74) is 2.20. The van der Waals surface area contributed by atoms with Gasteiger partial charge in [0.1, 0.15) is 6.23 Å². The first kappa shape index (κ1) is 22.8. The fraction of sp³-hybridized carbons (Fsp3) is 0.636. The second kappa shape index (κ2) is 9.94. The van der Waals surface area contributed by atoms with Gasteiger partial charge in [-0.2, -0.15) is 0 Å². The molecule has 2 bridgehead atoms. The Balaban J connectivity index is 1.58. The van der Waals surface area contributed by atoms with Gasteiger partial charge in [0.15, 0.2) is 0 Å². The fourth-order valence-corrected chi connectivity index (χ4v) is 4.93. The number of methoxy groups -OCH3 is 1. The normalized spacial score (nSPS) is 26.1. The minimum absolute atomic E-state index is 0.0911. The first-order chi connectivity index (χ1) is 14.5. The zero-order valence-corrected chi connectivity index (χ0v) is 18.0. The molecule has 4 rings (SSSR count). The van der Waals surface area contributed by atoms with Crippen LogP contribution < -0.4 is 5.32 Å². The molecule has 3 saturated carbocycles. The lowest BCUT2D eigenvalue weighted by molar-refractivity contribution is -0.0955. The molecule has 0 spiro atoms. The zero-order valence-electron chi connectivity index (χ0n) is 18.0. The highest BCUT2D eigenvalue weighted by molar-refractivity contribution is 6.16. The quantitative estimate of drug-likeness (QED) is 0.224. The van der Waals surface area contributed by atoms with Crippen LogP contribution in [0.2, 0.25) is 0 Å². The van der Waals surface area contributed by atoms with Gasteiger partial charge in [-0.25, -0.2) is 0 Å². The number of ether oxygens (including phenoxy) is 1. The van der Waals surface area contributed by atoms with Crippen LogP contribution >= 0.6 is 0 Å². The summed E-state index contributed by atoms with van der Waals surface area (Å²) in [6, 6.07) is 7.95. The van der Waals surface area contributed by atoms with E-state index < -0.39 is 6.23 Å². The Bertz CT molecular complexity index is 703. The summed E-state index contributed by atoms with van der Waals surface area (Å²) in [5.74, 6) is -0.225. The number of hydrogen-bond acceptors (Lipinski definition) is 5. The maximum absolute atomic E-state index is 12.7. The Morgan fingerprint density at radius 2 is 1.90 bits per heavy atom. The Kier molecular flexibility index (Phi) is 7.55. The summed E-state index contributed by atoms with van der Waals surface area (Å²) in [6.07, 6.45) is 8.62. The van der Waals surface area contributed by atoms with Crippen LogP contribution in [0.4, 0.5) is 0 Å². The number of fused-ring (bicyclic) bond motifs is 3. The summed E-state index contributed by atoms with van der Waals surface area (Å²) in [4.78, 5) is 14.4. The van der Waals surface area contributed by atoms with Crippen LogP contribution in [-0.2, 0) is 14.8 Å². The van der Waals surface area contributed by atoms with E-state index in [1.807, 2.05) is 26.3 Å². The molecule has 8 heteroatoms. The van der Waals surface area contributed by atoms with Gasteiger partial charge in [0.25, 0.3) is 5.91 Å². The fourth-order valence-electron chi connectivity index (χ4n) is 4.93. The molecule has 163 valence electrons. The van der Waals surface area contributed by atoms with Crippen molar-refractivity contribution in [2.45, 2.75) is 68.6 Å². The van der Waals surface area contributed by atoms with E-state index in [1.165, 1.54) is 11.9 Å². The number of amides is 1. The van der Waals surface area contributed by atoms with Gasteiger partial charge < -0.3 is 24.6 Å². The minimum atomic E-state index is -0.612. The molecule has 0 saturated heterocycles. The molecular weight excluding hydrogens is 381 g/mol. The zero-order chi connectivity index (χ0) is 21.6. The third-order valence-electron chi connectivity index (χ3n) is 7.08. The number of benzene rings is 1. The predicted octanol–water partition coefficient (Wildman–Crippen LogP) is 2.60. The van der Waals surface area contributed by atoms with Gasteiger partial charge in [-0.15, -0.1) is 0 Å². The van der Waals surface area contributed by atoms with Gasteiger partial charge in [-0.1, -0.05) is 12.1 Å². The molecular formula is C22H33BN3O4. The van der Waals surface area contributed by atoms with E-state index in [9.17, 15) is 4.79 Å². The van der Waals surface area contributed by atoms with Crippen LogP contribution in [-0.4, -0.2) is 62.4 Å². The van der Waals surface area contributed by atoms with E-state index in [0.29, 0.717) is 26.2 Å². The summed E-state index contributed by atoms with van der Waals surface area (Å²) in [7, 11) is 4.26. The van der Waals surface area contributed by atoms with Crippen LogP contribution in [0, 0.1) is 5.41 Å². The first-order valence-electron chi connectivity index (χ1n) is 10.7. The lowest BCUT2D eigenvalue weighted by Crippen LogP contribution is -2.49. The molecule has 0 unspecified atom stereocenters. The Labute approximate surface area is 179 Å². The average molecular weight is 414 g/mol. The van der Waals surface area contributed by atoms with Gasteiger partial charge in [0.2, 0.25) is 0 Å². The summed E-state index contributed by atoms with van der Waals surface area (Å²) >= 11 is 0. The Morgan fingerprint density at radius 3 is 2.43 bits per heavy atom. The maximum atomic E-state index is 12.7. The molecule has 0 aromatic heterocycles. The lowest BCUT2D eigenvalue weighted by atomic mass is 9.56. The molecule has 3 N–H and O–H groups in total. The van der Waals surface area contributed by atoms with Crippen molar-refractivity contribution in [2.75, 3.05) is 20.7 Å². The highest BCUT2D eigenvalue weighted by atomic mass is 16.5. The van der Waals surface area contributed by atoms with Crippen LogP contribution in [0.1, 0.15) is 67.3 Å². The van der Waals surface area contributed by atoms with Crippen molar-refractivity contribution in [3.05, 3.63) is 35.4 Å². The highest BCUT2D eigenvalue weighted by Crippen LogP contribution is 2.54. The molecule has 3 aliphatic rings. The first-order valence-corrected chi connectivity index (χ1v) is 10.7. The minimum Gasteiger partial charge on any atom is -0.429 e. The van der Waals surface area contributed by atoms with Crippen molar-refractivity contribution in [3.8, 4) is 0 Å². The smallest absolute Gasteiger partial charge is 0.429 e. The van der Waals surface area contributed by atoms with Gasteiger partial charge in [0.05, 0.1) is 11.9 Å². The molecule has 3 fully saturated rings. The third kappa shape index (κ3) is 5.05. The molecule has 3 aliphatic carbocycles. The van der Waals surface area contributed by atoms with E-state index >= 15 is 0 Å². The number of nitrogens with one attached hydrogen (secondary N) is 2. The van der Waals surface area contributed by atoms with Crippen molar-refractivity contribution in [1.82, 2.24) is 10.2 Å². The molecule has 30 heavy (non-hydrogen) atoms. The van der Waals surface area contributed by atoms with Crippen LogP contribution in [0.5, 0.6) is 0 Å². The predicted molar refractivity (Wildman–Crippen MR) is 117 cm³/mol. The SMILES string of the molecule is COC12CCC(c3ccc(C(=O)N[C@@H](CCCN(C)C=N)O[B]O)cc3)(CC1)CC2. The molecule has 1 aromatic rings. The van der Waals surface area contributed by atoms with Crippen molar-refractivity contribution in [3.63, 3.8) is 0 Å². The average Bonchev–Trinajstić information content (AvgIpc) is 2.80.